The van der Waals surface area contributed by atoms with Crippen LogP contribution in [0.2, 0.25) is 10.0 Å². The number of pyridine rings is 1. The van der Waals surface area contributed by atoms with Crippen LogP contribution >= 0.6 is 23.2 Å². The summed E-state index contributed by atoms with van der Waals surface area (Å²) in [4.78, 5) is 20.1. The van der Waals surface area contributed by atoms with Crippen LogP contribution in [0.15, 0.2) is 71.9 Å². The number of hydrogen-bond acceptors (Lipinski definition) is 4. The number of halogens is 2. The van der Waals surface area contributed by atoms with E-state index in [4.69, 9.17) is 23.2 Å². The molecule has 0 saturated carbocycles. The summed E-state index contributed by atoms with van der Waals surface area (Å²) in [5.41, 5.74) is 1.52. The Morgan fingerprint density at radius 3 is 2.52 bits per heavy atom. The fourth-order valence-corrected chi connectivity index (χ4v) is 4.21. The Bertz CT molecular complexity index is 1330. The number of rotatable bonds is 5. The van der Waals surface area contributed by atoms with E-state index in [-0.39, 0.29) is 16.4 Å². The molecular formula is C20H13Cl2N3O3S. The molecule has 4 rings (SSSR count). The van der Waals surface area contributed by atoms with Crippen LogP contribution in [-0.4, -0.2) is 24.2 Å². The van der Waals surface area contributed by atoms with Gasteiger partial charge in [-0.05, 0) is 42.5 Å². The number of hydrogen-bond donors (Lipinski definition) is 2. The van der Waals surface area contributed by atoms with Gasteiger partial charge in [0.2, 0.25) is 0 Å². The van der Waals surface area contributed by atoms with E-state index in [1.165, 1.54) is 36.5 Å². The first-order chi connectivity index (χ1) is 13.8. The summed E-state index contributed by atoms with van der Waals surface area (Å²) in [5.74, 6) is -0.284. The molecule has 9 heteroatoms. The van der Waals surface area contributed by atoms with Crippen molar-refractivity contribution in [3.05, 3.63) is 88.2 Å². The van der Waals surface area contributed by atoms with Crippen LogP contribution in [-0.2, 0) is 10.0 Å². The molecule has 0 aliphatic carbocycles. The smallest absolute Gasteiger partial charge is 0.261 e. The summed E-state index contributed by atoms with van der Waals surface area (Å²) >= 11 is 11.8. The maximum absolute atomic E-state index is 13.0. The number of aromatic amines is 1. The summed E-state index contributed by atoms with van der Waals surface area (Å²) in [6, 6.07) is 13.7. The third-order valence-electron chi connectivity index (χ3n) is 4.24. The van der Waals surface area contributed by atoms with E-state index in [9.17, 15) is 13.2 Å². The Kier molecular flexibility index (Phi) is 5.04. The average Bonchev–Trinajstić information content (AvgIpc) is 3.10. The topological polar surface area (TPSA) is 91.9 Å². The van der Waals surface area contributed by atoms with Crippen molar-refractivity contribution >= 4 is 55.7 Å². The fraction of sp³-hybridized carbons (Fsp3) is 0. The number of aromatic nitrogens is 2. The van der Waals surface area contributed by atoms with Gasteiger partial charge in [-0.1, -0.05) is 35.3 Å². The zero-order valence-corrected chi connectivity index (χ0v) is 17.0. The zero-order valence-electron chi connectivity index (χ0n) is 14.7. The number of nitrogens with one attached hydrogen (secondary N) is 2. The number of carbonyl (C=O) groups is 1. The largest absolute Gasteiger partial charge is 0.345 e. The molecule has 146 valence electrons. The van der Waals surface area contributed by atoms with Crippen LogP contribution in [0.1, 0.15) is 15.9 Å². The lowest BCUT2D eigenvalue weighted by molar-refractivity contribution is 0.104. The van der Waals surface area contributed by atoms with Gasteiger partial charge in [0, 0.05) is 39.6 Å². The predicted octanol–water partition coefficient (Wildman–Crippen LogP) is 4.90. The molecule has 0 aliphatic rings. The number of ketones is 1. The molecule has 2 aromatic heterocycles. The van der Waals surface area contributed by atoms with Crippen LogP contribution < -0.4 is 4.72 Å². The molecule has 0 amide bonds. The van der Waals surface area contributed by atoms with Crippen LogP contribution in [0.5, 0.6) is 0 Å². The van der Waals surface area contributed by atoms with Crippen LogP contribution in [0.4, 0.5) is 5.69 Å². The molecule has 2 N–H and O–H groups in total. The van der Waals surface area contributed by atoms with Crippen LogP contribution in [0.3, 0.4) is 0 Å². The van der Waals surface area contributed by atoms with E-state index in [1.54, 1.807) is 30.5 Å². The monoisotopic (exact) mass is 445 g/mol. The molecule has 0 aliphatic heterocycles. The highest BCUT2D eigenvalue weighted by Gasteiger charge is 2.18. The maximum Gasteiger partial charge on any atom is 0.261 e. The van der Waals surface area contributed by atoms with Gasteiger partial charge < -0.3 is 4.98 Å². The third-order valence-corrected chi connectivity index (χ3v) is 6.10. The zero-order chi connectivity index (χ0) is 20.6. The van der Waals surface area contributed by atoms with Gasteiger partial charge in [0.25, 0.3) is 10.0 Å². The lowest BCUT2D eigenvalue weighted by Crippen LogP contribution is -2.13. The van der Waals surface area contributed by atoms with Gasteiger partial charge in [-0.15, -0.1) is 0 Å². The van der Waals surface area contributed by atoms with Crippen molar-refractivity contribution < 1.29 is 13.2 Å². The number of sulfonamides is 1. The van der Waals surface area contributed by atoms with E-state index in [2.05, 4.69) is 14.7 Å². The quantitative estimate of drug-likeness (QED) is 0.427. The highest BCUT2D eigenvalue weighted by Crippen LogP contribution is 2.25. The highest BCUT2D eigenvalue weighted by molar-refractivity contribution is 7.92. The lowest BCUT2D eigenvalue weighted by atomic mass is 10.0. The molecule has 0 unspecified atom stereocenters. The Balaban J connectivity index is 1.65. The van der Waals surface area contributed by atoms with Crippen LogP contribution in [0.25, 0.3) is 11.0 Å². The van der Waals surface area contributed by atoms with E-state index >= 15 is 0 Å². The number of nitrogens with zero attached hydrogens (tertiary/aromatic N) is 1. The van der Waals surface area contributed by atoms with Gasteiger partial charge in [-0.3, -0.25) is 9.52 Å². The number of carbonyl (C=O) groups excluding carboxylic acids is 1. The van der Waals surface area contributed by atoms with Gasteiger partial charge in [0.1, 0.15) is 5.65 Å². The lowest BCUT2D eigenvalue weighted by Gasteiger charge is -2.09. The fourth-order valence-electron chi connectivity index (χ4n) is 2.87. The minimum Gasteiger partial charge on any atom is -0.345 e. The summed E-state index contributed by atoms with van der Waals surface area (Å²) in [7, 11) is -3.82. The Labute approximate surface area is 176 Å². The molecule has 6 nitrogen and oxygen atoms in total. The average molecular weight is 446 g/mol. The summed E-state index contributed by atoms with van der Waals surface area (Å²) in [5, 5.41) is 1.44. The van der Waals surface area contributed by atoms with Crippen molar-refractivity contribution in [2.45, 2.75) is 4.90 Å². The molecular weight excluding hydrogens is 433 g/mol. The molecule has 29 heavy (non-hydrogen) atoms. The Morgan fingerprint density at radius 1 is 1.00 bits per heavy atom. The predicted molar refractivity (Wildman–Crippen MR) is 113 cm³/mol. The van der Waals surface area contributed by atoms with Crippen molar-refractivity contribution in [3.8, 4) is 0 Å². The third kappa shape index (κ3) is 3.98. The highest BCUT2D eigenvalue weighted by atomic mass is 35.5. The summed E-state index contributed by atoms with van der Waals surface area (Å²) in [6.07, 6.45) is 3.04. The van der Waals surface area contributed by atoms with E-state index in [0.717, 1.165) is 0 Å². The molecule has 0 atom stereocenters. The first kappa shape index (κ1) is 19.4. The summed E-state index contributed by atoms with van der Waals surface area (Å²) < 4.78 is 27.6. The molecule has 2 heterocycles. The number of anilines is 1. The number of benzene rings is 2. The molecule has 2 aromatic carbocycles. The summed E-state index contributed by atoms with van der Waals surface area (Å²) in [6.45, 7) is 0. The van der Waals surface area contributed by atoms with Crippen molar-refractivity contribution in [1.82, 2.24) is 9.97 Å². The Hall–Kier alpha value is -2.87. The van der Waals surface area contributed by atoms with Crippen molar-refractivity contribution in [3.63, 3.8) is 0 Å². The number of fused-ring (bicyclic) bond motifs is 1. The van der Waals surface area contributed by atoms with Gasteiger partial charge in [-0.2, -0.15) is 0 Å². The minimum atomic E-state index is -3.82. The molecule has 0 saturated heterocycles. The van der Waals surface area contributed by atoms with Gasteiger partial charge >= 0.3 is 0 Å². The van der Waals surface area contributed by atoms with Crippen molar-refractivity contribution in [2.24, 2.45) is 0 Å². The second kappa shape index (κ2) is 7.51. The second-order valence-corrected chi connectivity index (χ2v) is 8.78. The SMILES string of the molecule is O=C(c1cccc(NS(=O)(=O)c2ccc(Cl)cc2)c1)c1c[nH]c2ncc(Cl)cc12. The first-order valence-corrected chi connectivity index (χ1v) is 10.6. The van der Waals surface area contributed by atoms with Gasteiger partial charge in [-0.25, -0.2) is 13.4 Å². The molecule has 0 bridgehead atoms. The van der Waals surface area contributed by atoms with E-state index < -0.39 is 10.0 Å². The van der Waals surface area contributed by atoms with Crippen molar-refractivity contribution in [1.29, 1.82) is 0 Å². The van der Waals surface area contributed by atoms with E-state index in [0.29, 0.717) is 32.2 Å². The van der Waals surface area contributed by atoms with Gasteiger partial charge in [0.15, 0.2) is 5.78 Å². The minimum absolute atomic E-state index is 0.0657. The standard InChI is InChI=1S/C20H13Cl2N3O3S/c21-13-4-6-16(7-5-13)29(27,28)25-15-3-1-2-12(8-15)19(26)18-11-24-20-17(18)9-14(22)10-23-20/h1-11,25H,(H,23,24). The normalized spacial score (nSPS) is 11.5. The number of H-pyrrole nitrogens is 1. The van der Waals surface area contributed by atoms with Crippen molar-refractivity contribution in [2.75, 3.05) is 4.72 Å². The van der Waals surface area contributed by atoms with E-state index in [1.807, 2.05) is 0 Å². The first-order valence-electron chi connectivity index (χ1n) is 8.39. The van der Waals surface area contributed by atoms with Crippen LogP contribution in [0, 0.1) is 0 Å². The van der Waals surface area contributed by atoms with Gasteiger partial charge in [0.05, 0.1) is 9.92 Å². The molecule has 0 spiro atoms. The second-order valence-electron chi connectivity index (χ2n) is 6.22. The maximum atomic E-state index is 13.0. The molecule has 0 radical (unpaired) electrons. The molecule has 0 fully saturated rings. The molecule has 4 aromatic rings. The Morgan fingerprint density at radius 2 is 1.76 bits per heavy atom.